The largest absolute Gasteiger partial charge is 0.494 e. The summed E-state index contributed by atoms with van der Waals surface area (Å²) in [6, 6.07) is 13.1. The summed E-state index contributed by atoms with van der Waals surface area (Å²) in [5.74, 6) is 0.591. The molecule has 0 unspecified atom stereocenters. The summed E-state index contributed by atoms with van der Waals surface area (Å²) in [6.45, 7) is 0. The average molecular weight is 515 g/mol. The van der Waals surface area contributed by atoms with E-state index in [2.05, 4.69) is 40.9 Å². The molecule has 10 nitrogen and oxygen atoms in total. The van der Waals surface area contributed by atoms with Crippen LogP contribution in [0.1, 0.15) is 27.4 Å². The quantitative estimate of drug-likeness (QED) is 0.260. The number of carbonyl (C=O) groups excluding carboxylic acids is 1. The van der Waals surface area contributed by atoms with Crippen LogP contribution < -0.4 is 15.8 Å². The zero-order chi connectivity index (χ0) is 27.8. The van der Waals surface area contributed by atoms with E-state index >= 15 is 0 Å². The summed E-state index contributed by atoms with van der Waals surface area (Å²) in [4.78, 5) is 35.6. The van der Waals surface area contributed by atoms with Gasteiger partial charge in [-0.25, -0.2) is 15.0 Å². The third-order valence-electron chi connectivity index (χ3n) is 6.74. The van der Waals surface area contributed by atoms with Gasteiger partial charge in [-0.1, -0.05) is 18.2 Å². The summed E-state index contributed by atoms with van der Waals surface area (Å²) >= 11 is 0. The number of anilines is 1. The third-order valence-corrected chi connectivity index (χ3v) is 6.74. The molecule has 0 aliphatic rings. The van der Waals surface area contributed by atoms with Crippen LogP contribution in [-0.4, -0.2) is 69.3 Å². The lowest BCUT2D eigenvalue weighted by Gasteiger charge is -2.30. The Morgan fingerprint density at radius 3 is 2.54 bits per heavy atom. The van der Waals surface area contributed by atoms with E-state index in [1.54, 1.807) is 30.6 Å². The first-order chi connectivity index (χ1) is 18.6. The minimum absolute atomic E-state index is 0.0163. The number of carbonyl (C=O) groups is 1. The minimum Gasteiger partial charge on any atom is -0.494 e. The molecular weight excluding hydrogens is 490 g/mol. The average Bonchev–Trinajstić information content (AvgIpc) is 3.47. The number of nitrogens with zero attached hydrogens (tertiary/aromatic N) is 5. The van der Waals surface area contributed by atoms with Crippen molar-refractivity contribution in [3.05, 3.63) is 90.0 Å². The van der Waals surface area contributed by atoms with Crippen molar-refractivity contribution in [2.45, 2.75) is 10.6 Å². The molecule has 0 radical (unpaired) electrons. The van der Waals surface area contributed by atoms with Crippen LogP contribution in [0.15, 0.2) is 71.7 Å². The van der Waals surface area contributed by atoms with E-state index in [0.29, 0.717) is 28.2 Å². The van der Waals surface area contributed by atoms with E-state index in [9.17, 15) is 4.79 Å². The molecule has 0 bridgehead atoms. The number of hydrogen-bond acceptors (Lipinski definition) is 9. The lowest BCUT2D eigenvalue weighted by molar-refractivity contribution is 0.0938. The molecular formula is C25H25B4N7O3. The van der Waals surface area contributed by atoms with E-state index in [-0.39, 0.29) is 11.6 Å². The van der Waals surface area contributed by atoms with E-state index in [1.807, 2.05) is 46.2 Å². The molecule has 1 amide bonds. The number of nitrogens with two attached hydrogens (primary N) is 1. The van der Waals surface area contributed by atoms with E-state index in [0.717, 1.165) is 16.8 Å². The molecule has 39 heavy (non-hydrogen) atoms. The molecule has 14 heteroatoms. The van der Waals surface area contributed by atoms with Gasteiger partial charge in [-0.3, -0.25) is 14.8 Å². The predicted molar refractivity (Wildman–Crippen MR) is 159 cm³/mol. The number of pyridine rings is 2. The van der Waals surface area contributed by atoms with Crippen LogP contribution in [-0.2, 0) is 10.6 Å². The summed E-state index contributed by atoms with van der Waals surface area (Å²) in [5.41, 5.74) is 9.80. The highest BCUT2D eigenvalue weighted by Gasteiger charge is 2.31. The Morgan fingerprint density at radius 2 is 1.79 bits per heavy atom. The van der Waals surface area contributed by atoms with Crippen molar-refractivity contribution in [3.63, 3.8) is 0 Å². The highest BCUT2D eigenvalue weighted by atomic mass is 16.5. The van der Waals surface area contributed by atoms with Crippen LogP contribution in [0.25, 0.3) is 22.4 Å². The monoisotopic (exact) mass is 515 g/mol. The molecule has 5 aromatic rings. The molecule has 4 heterocycles. The minimum atomic E-state index is -0.841. The number of nitrogens with one attached hydrogen (secondary N) is 1. The van der Waals surface area contributed by atoms with Crippen LogP contribution in [0.2, 0.25) is 0 Å². The highest BCUT2D eigenvalue weighted by molar-refractivity contribution is 6.42. The van der Waals surface area contributed by atoms with Gasteiger partial charge in [0.15, 0.2) is 0 Å². The summed E-state index contributed by atoms with van der Waals surface area (Å²) in [7, 11) is 9.47. The first kappa shape index (κ1) is 26.0. The van der Waals surface area contributed by atoms with Crippen LogP contribution >= 0.6 is 0 Å². The summed E-state index contributed by atoms with van der Waals surface area (Å²) in [5, 5.41) is 2.27. The number of aromatic nitrogens is 5. The second-order valence-electron chi connectivity index (χ2n) is 10.2. The number of benzene rings is 1. The van der Waals surface area contributed by atoms with Crippen LogP contribution in [0.4, 0.5) is 5.95 Å². The van der Waals surface area contributed by atoms with Crippen molar-refractivity contribution < 1.29 is 13.9 Å². The maximum Gasteiger partial charge on any atom is 0.270 e. The molecule has 3 N–H and O–H groups in total. The Bertz CT molecular complexity index is 1680. The van der Waals surface area contributed by atoms with E-state index in [4.69, 9.17) is 19.9 Å². The zero-order valence-electron chi connectivity index (χ0n) is 22.4. The fourth-order valence-electron chi connectivity index (χ4n) is 4.43. The predicted octanol–water partition coefficient (Wildman–Crippen LogP) is -1.06. The Balaban J connectivity index is 1.46. The number of para-hydroxylation sites is 1. The molecule has 4 aromatic heterocycles. The molecule has 0 atom stereocenters. The molecule has 0 aliphatic carbocycles. The fraction of sp³-hybridized carbons (Fsp3) is 0.120. The van der Waals surface area contributed by atoms with Crippen molar-refractivity contribution >= 4 is 54.1 Å². The number of nitrogen functional groups attached to an aromatic ring is 1. The third kappa shape index (κ3) is 4.97. The molecule has 0 saturated carbocycles. The number of fused-ring (bicyclic) bond motifs is 1. The maximum atomic E-state index is 13.5. The highest BCUT2D eigenvalue weighted by Crippen LogP contribution is 2.29. The van der Waals surface area contributed by atoms with Gasteiger partial charge in [-0.15, -0.1) is 0 Å². The lowest BCUT2D eigenvalue weighted by atomic mass is 9.49. The fourth-order valence-corrected chi connectivity index (χ4v) is 4.43. The van der Waals surface area contributed by atoms with Crippen molar-refractivity contribution in [2.24, 2.45) is 0 Å². The van der Waals surface area contributed by atoms with Crippen LogP contribution in [0.5, 0.6) is 5.75 Å². The summed E-state index contributed by atoms with van der Waals surface area (Å²) in [6.07, 6.45) is 6.66. The lowest BCUT2D eigenvalue weighted by Crippen LogP contribution is -2.48. The number of ether oxygens (including phenoxy) is 1. The maximum absolute atomic E-state index is 13.5. The van der Waals surface area contributed by atoms with Gasteiger partial charge in [0, 0.05) is 34.5 Å². The molecule has 190 valence electrons. The number of rotatable bonds is 7. The Morgan fingerprint density at radius 1 is 1.03 bits per heavy atom. The van der Waals surface area contributed by atoms with Crippen molar-refractivity contribution in [3.8, 4) is 17.2 Å². The van der Waals surface area contributed by atoms with Gasteiger partial charge >= 0.3 is 0 Å². The number of oxazole rings is 1. The van der Waals surface area contributed by atoms with E-state index < -0.39 is 16.5 Å². The molecule has 0 aliphatic heterocycles. The molecule has 0 saturated heterocycles. The SMILES string of the molecule is BC(B)(NC(=O)c1nc(N)nc2c(OC)cccc12)c1cccc(C(B)(B)c2cncc(-c3ncco3)c2)n1. The zero-order valence-corrected chi connectivity index (χ0v) is 22.4. The van der Waals surface area contributed by atoms with Crippen molar-refractivity contribution in [1.29, 1.82) is 0 Å². The number of amides is 1. The smallest absolute Gasteiger partial charge is 0.270 e. The van der Waals surface area contributed by atoms with Crippen molar-refractivity contribution in [2.75, 3.05) is 12.8 Å². The number of hydrogen-bond donors (Lipinski definition) is 2. The topological polar surface area (TPSA) is 142 Å². The number of methoxy groups -OCH3 is 1. The Hall–Kier alpha value is -4.60. The van der Waals surface area contributed by atoms with Gasteiger partial charge in [-0.05, 0) is 35.0 Å². The van der Waals surface area contributed by atoms with E-state index in [1.165, 1.54) is 13.4 Å². The molecule has 5 rings (SSSR count). The molecule has 0 fully saturated rings. The van der Waals surface area contributed by atoms with Gasteiger partial charge in [0.1, 0.15) is 54.6 Å². The standard InChI is InChI=1S/C25H25B4N7O3/c1-38-16-5-2-4-15-19(16)34-23(30)35-20(15)21(37)36-25(28,29)18-7-3-6-17(33-18)24(26,27)14-10-13(11-31-12-14)22-32-8-9-39-22/h2-12H,26-29H2,1H3,(H,36,37)(H2,30,34,35). The van der Waals surface area contributed by atoms with Crippen LogP contribution in [0, 0.1) is 0 Å². The Kier molecular flexibility index (Phi) is 6.63. The first-order valence-corrected chi connectivity index (χ1v) is 12.4. The normalized spacial score (nSPS) is 11.8. The van der Waals surface area contributed by atoms with Gasteiger partial charge in [-0.2, -0.15) is 0 Å². The van der Waals surface area contributed by atoms with Gasteiger partial charge in [0.05, 0.1) is 18.9 Å². The second kappa shape index (κ2) is 9.94. The van der Waals surface area contributed by atoms with Crippen molar-refractivity contribution in [1.82, 2.24) is 30.2 Å². The molecule has 0 spiro atoms. The second-order valence-corrected chi connectivity index (χ2v) is 10.2. The summed E-state index contributed by atoms with van der Waals surface area (Å²) < 4.78 is 10.8. The van der Waals surface area contributed by atoms with Gasteiger partial charge in [0.25, 0.3) is 5.91 Å². The molecule has 1 aromatic carbocycles. The first-order valence-electron chi connectivity index (χ1n) is 12.4. The van der Waals surface area contributed by atoms with Gasteiger partial charge < -0.3 is 20.2 Å². The van der Waals surface area contributed by atoms with Crippen LogP contribution in [0.3, 0.4) is 0 Å². The Labute approximate surface area is 228 Å². The van der Waals surface area contributed by atoms with Gasteiger partial charge in [0.2, 0.25) is 11.8 Å².